The Morgan fingerprint density at radius 3 is 2.07 bits per heavy atom. The molecule has 1 aliphatic carbocycles. The lowest BCUT2D eigenvalue weighted by Gasteiger charge is -2.19. The minimum absolute atomic E-state index is 0.0908. The number of amides is 2. The summed E-state index contributed by atoms with van der Waals surface area (Å²) in [4.78, 5) is 38.2. The van der Waals surface area contributed by atoms with Crippen LogP contribution in [0.2, 0.25) is 0 Å². The van der Waals surface area contributed by atoms with Gasteiger partial charge in [0, 0.05) is 12.5 Å². The number of unbranched alkanes of at least 4 members (excludes halogenated alkanes) is 2. The molecule has 0 saturated carbocycles. The van der Waals surface area contributed by atoms with Gasteiger partial charge in [-0.25, -0.2) is 9.59 Å². The van der Waals surface area contributed by atoms with E-state index >= 15 is 0 Å². The van der Waals surface area contributed by atoms with Gasteiger partial charge in [0.15, 0.2) is 0 Å². The maximum atomic E-state index is 13.0. The first-order chi connectivity index (χ1) is 21.0. The molecule has 0 spiro atoms. The van der Waals surface area contributed by atoms with Crippen molar-refractivity contribution in [3.05, 3.63) is 95.6 Å². The minimum Gasteiger partial charge on any atom is -0.459 e. The molecule has 9 nitrogen and oxygen atoms in total. The molecule has 6 N–H and O–H groups in total. The molecule has 4 rings (SSSR count). The van der Waals surface area contributed by atoms with Crippen LogP contribution < -0.4 is 22.1 Å². The Morgan fingerprint density at radius 2 is 1.40 bits per heavy atom. The van der Waals surface area contributed by atoms with Crippen molar-refractivity contribution in [2.75, 3.05) is 19.7 Å². The molecule has 0 bridgehead atoms. The van der Waals surface area contributed by atoms with E-state index in [1.807, 2.05) is 54.6 Å². The minimum atomic E-state index is -0.895. The number of benzene rings is 3. The fraction of sp³-hybridized carbons (Fsp3) is 0.382. The number of nitrogens with two attached hydrogens (primary N) is 2. The molecule has 2 amide bonds. The number of alkyl carbamates (subject to hydrolysis) is 1. The van der Waals surface area contributed by atoms with E-state index in [1.165, 1.54) is 0 Å². The average Bonchev–Trinajstić information content (AvgIpc) is 3.35. The maximum absolute atomic E-state index is 13.0. The summed E-state index contributed by atoms with van der Waals surface area (Å²) >= 11 is 0. The molecule has 1 aliphatic rings. The topological polar surface area (TPSA) is 146 Å². The number of ether oxygens (including phenoxy) is 2. The quantitative estimate of drug-likeness (QED) is 0.144. The van der Waals surface area contributed by atoms with Crippen LogP contribution in [-0.2, 0) is 25.7 Å². The Morgan fingerprint density at radius 1 is 0.767 bits per heavy atom. The van der Waals surface area contributed by atoms with Crippen molar-refractivity contribution >= 4 is 18.0 Å². The lowest BCUT2D eigenvalue weighted by atomic mass is 9.98. The molecule has 0 saturated heterocycles. The monoisotopic (exact) mass is 586 g/mol. The van der Waals surface area contributed by atoms with Gasteiger partial charge in [0.05, 0.1) is 6.04 Å². The van der Waals surface area contributed by atoms with E-state index in [0.717, 1.165) is 40.7 Å². The van der Waals surface area contributed by atoms with Crippen LogP contribution in [-0.4, -0.2) is 49.7 Å². The fourth-order valence-corrected chi connectivity index (χ4v) is 5.32. The molecule has 2 unspecified atom stereocenters. The highest BCUT2D eigenvalue weighted by molar-refractivity contribution is 5.82. The number of nitrogens with one attached hydrogen (secondary N) is 2. The molecule has 0 aromatic heterocycles. The van der Waals surface area contributed by atoms with Gasteiger partial charge in [0.1, 0.15) is 19.3 Å². The molecule has 0 heterocycles. The summed E-state index contributed by atoms with van der Waals surface area (Å²) in [6, 6.07) is 24.1. The van der Waals surface area contributed by atoms with Crippen LogP contribution in [0, 0.1) is 0 Å². The number of carbonyl (C=O) groups excluding carboxylic acids is 3. The van der Waals surface area contributed by atoms with Crippen molar-refractivity contribution in [1.82, 2.24) is 10.6 Å². The fourth-order valence-electron chi connectivity index (χ4n) is 5.32. The van der Waals surface area contributed by atoms with Gasteiger partial charge >= 0.3 is 12.1 Å². The summed E-state index contributed by atoms with van der Waals surface area (Å²) in [6.45, 7) is 1.23. The highest BCUT2D eigenvalue weighted by atomic mass is 16.6. The van der Waals surface area contributed by atoms with Gasteiger partial charge < -0.3 is 31.6 Å². The Labute approximate surface area is 253 Å². The van der Waals surface area contributed by atoms with Crippen molar-refractivity contribution in [3.63, 3.8) is 0 Å². The first kappa shape index (κ1) is 31.7. The van der Waals surface area contributed by atoms with Crippen molar-refractivity contribution in [2.45, 2.75) is 63.1 Å². The van der Waals surface area contributed by atoms with Gasteiger partial charge in [-0.3, -0.25) is 4.79 Å². The average molecular weight is 587 g/mol. The summed E-state index contributed by atoms with van der Waals surface area (Å²) in [6.07, 6.45) is 3.05. The Kier molecular flexibility index (Phi) is 12.1. The number of carbonyl (C=O) groups is 3. The normalized spacial score (nSPS) is 13.3. The Hall–Kier alpha value is -4.21. The van der Waals surface area contributed by atoms with Crippen LogP contribution in [0.4, 0.5) is 4.79 Å². The van der Waals surface area contributed by atoms with Crippen LogP contribution in [0.25, 0.3) is 11.1 Å². The molecule has 0 fully saturated rings. The first-order valence-electron chi connectivity index (χ1n) is 15.0. The van der Waals surface area contributed by atoms with Crippen LogP contribution in [0.5, 0.6) is 0 Å². The number of rotatable bonds is 16. The zero-order valence-corrected chi connectivity index (χ0v) is 24.5. The van der Waals surface area contributed by atoms with E-state index < -0.39 is 24.1 Å². The number of esters is 1. The van der Waals surface area contributed by atoms with Crippen LogP contribution in [0.3, 0.4) is 0 Å². The maximum Gasteiger partial charge on any atom is 0.407 e. The second kappa shape index (κ2) is 16.4. The molecule has 3 aromatic carbocycles. The second-order valence-electron chi connectivity index (χ2n) is 10.8. The zero-order chi connectivity index (χ0) is 30.4. The van der Waals surface area contributed by atoms with E-state index in [4.69, 9.17) is 20.9 Å². The lowest BCUT2D eigenvalue weighted by Crippen LogP contribution is -2.43. The number of hydrogen-bond acceptors (Lipinski definition) is 7. The van der Waals surface area contributed by atoms with Crippen molar-refractivity contribution in [3.8, 4) is 11.1 Å². The van der Waals surface area contributed by atoms with E-state index in [0.29, 0.717) is 38.8 Å². The predicted octanol–water partition coefficient (Wildman–Crippen LogP) is 4.38. The molecular formula is C34H42N4O5. The zero-order valence-electron chi connectivity index (χ0n) is 24.5. The van der Waals surface area contributed by atoms with E-state index in [-0.39, 0.29) is 25.0 Å². The van der Waals surface area contributed by atoms with Crippen molar-refractivity contribution < 1.29 is 23.9 Å². The summed E-state index contributed by atoms with van der Waals surface area (Å²) < 4.78 is 11.2. The van der Waals surface area contributed by atoms with Gasteiger partial charge in [-0.1, -0.05) is 85.3 Å². The highest BCUT2D eigenvalue weighted by Crippen LogP contribution is 2.44. The molecule has 0 radical (unpaired) electrons. The number of hydrogen-bond donors (Lipinski definition) is 4. The van der Waals surface area contributed by atoms with Crippen molar-refractivity contribution in [1.29, 1.82) is 0 Å². The second-order valence-corrected chi connectivity index (χ2v) is 10.8. The third kappa shape index (κ3) is 9.14. The molecule has 9 heteroatoms. The summed E-state index contributed by atoms with van der Waals surface area (Å²) in [7, 11) is 0. The summed E-state index contributed by atoms with van der Waals surface area (Å²) in [5, 5.41) is 5.56. The lowest BCUT2D eigenvalue weighted by molar-refractivity contribution is -0.147. The van der Waals surface area contributed by atoms with Gasteiger partial charge in [0.25, 0.3) is 0 Å². The van der Waals surface area contributed by atoms with E-state index in [1.54, 1.807) is 0 Å². The SMILES string of the molecule is NCCCCC(N)C(=O)NCCCCC(NC(=O)OCC1c2ccccc2-c2ccccc21)C(=O)OCc1ccccc1. The standard InChI is InChI=1S/C34H42N4O5/c35-20-10-8-18-30(36)32(39)37-21-11-9-19-31(33(40)42-22-24-12-2-1-3-13-24)38-34(41)43-23-29-27-16-6-4-14-25(27)26-15-5-7-17-28(26)29/h1-7,12-17,29-31H,8-11,18-23,35-36H2,(H,37,39)(H,38,41). The molecule has 43 heavy (non-hydrogen) atoms. The molecule has 228 valence electrons. The van der Waals surface area contributed by atoms with Crippen LogP contribution >= 0.6 is 0 Å². The number of fused-ring (bicyclic) bond motifs is 3. The highest BCUT2D eigenvalue weighted by Gasteiger charge is 2.30. The molecular weight excluding hydrogens is 544 g/mol. The molecule has 0 aliphatic heterocycles. The third-order valence-electron chi connectivity index (χ3n) is 7.67. The van der Waals surface area contributed by atoms with E-state index in [9.17, 15) is 14.4 Å². The third-order valence-corrected chi connectivity index (χ3v) is 7.67. The Balaban J connectivity index is 1.30. The largest absolute Gasteiger partial charge is 0.459 e. The summed E-state index contributed by atoms with van der Waals surface area (Å²) in [5.41, 5.74) is 16.8. The van der Waals surface area contributed by atoms with Gasteiger partial charge in [0.2, 0.25) is 5.91 Å². The first-order valence-corrected chi connectivity index (χ1v) is 15.0. The smallest absolute Gasteiger partial charge is 0.407 e. The van der Waals surface area contributed by atoms with Gasteiger partial charge in [-0.15, -0.1) is 0 Å². The van der Waals surface area contributed by atoms with Gasteiger partial charge in [-0.05, 0) is 66.5 Å². The summed E-state index contributed by atoms with van der Waals surface area (Å²) in [5.74, 6) is -0.831. The molecule has 3 aromatic rings. The Bertz CT molecular complexity index is 1300. The van der Waals surface area contributed by atoms with Crippen LogP contribution in [0.1, 0.15) is 61.1 Å². The van der Waals surface area contributed by atoms with Gasteiger partial charge in [-0.2, -0.15) is 0 Å². The van der Waals surface area contributed by atoms with Crippen LogP contribution in [0.15, 0.2) is 78.9 Å². The molecule has 2 atom stereocenters. The van der Waals surface area contributed by atoms with E-state index in [2.05, 4.69) is 34.9 Å². The van der Waals surface area contributed by atoms with Crippen molar-refractivity contribution in [2.24, 2.45) is 11.5 Å². The predicted molar refractivity (Wildman–Crippen MR) is 166 cm³/mol.